The molecule has 1 aromatic carbocycles. The molecule has 0 bridgehead atoms. The maximum Gasteiger partial charge on any atom is 0.246 e. The van der Waals surface area contributed by atoms with Crippen LogP contribution in [0, 0.1) is 0 Å². The van der Waals surface area contributed by atoms with Crippen molar-refractivity contribution in [2.45, 2.75) is 12.1 Å². The quantitative estimate of drug-likeness (QED) is 0.483. The van der Waals surface area contributed by atoms with Crippen LogP contribution in [0.5, 0.6) is 5.75 Å². The van der Waals surface area contributed by atoms with Crippen LogP contribution >= 0.6 is 0 Å². The molecule has 1 amide bonds. The largest absolute Gasteiger partial charge is 0.507 e. The number of aromatic hydroxyl groups is 1. The van der Waals surface area contributed by atoms with E-state index < -0.39 is 12.1 Å². The molecular formula is C23H21FN6O2. The second-order valence-electron chi connectivity index (χ2n) is 7.90. The molecule has 1 aliphatic heterocycles. The number of nitrogens with one attached hydrogen (secondary N) is 1. The van der Waals surface area contributed by atoms with E-state index in [4.69, 9.17) is 0 Å². The first-order valence-corrected chi connectivity index (χ1v) is 10.2. The summed E-state index contributed by atoms with van der Waals surface area (Å²) in [6, 6.07) is 8.72. The standard InChI is InChI=1S/C23H21FN6O2/c1-3-20(32)30-11-16(17(24)12-30)22-21(13-9-25-29(2)10-13)15-8-18(27-28-23(15)26-22)14-6-4-5-7-19(14)31/h3-10,16-17,31H,1,11-12H2,2H3,(H,26,28). The van der Waals surface area contributed by atoms with E-state index in [2.05, 4.69) is 26.9 Å². The summed E-state index contributed by atoms with van der Waals surface area (Å²) in [6.07, 6.45) is 3.52. The van der Waals surface area contributed by atoms with Crippen LogP contribution in [-0.4, -0.2) is 60.1 Å². The number of H-pyrrole nitrogens is 1. The number of benzene rings is 1. The van der Waals surface area contributed by atoms with Gasteiger partial charge in [-0.1, -0.05) is 18.7 Å². The summed E-state index contributed by atoms with van der Waals surface area (Å²) in [6.45, 7) is 3.74. The first kappa shape index (κ1) is 19.9. The summed E-state index contributed by atoms with van der Waals surface area (Å²) in [7, 11) is 1.81. The predicted octanol–water partition coefficient (Wildman–Crippen LogP) is 3.18. The monoisotopic (exact) mass is 432 g/mol. The van der Waals surface area contributed by atoms with Crippen molar-refractivity contribution in [2.75, 3.05) is 13.1 Å². The van der Waals surface area contributed by atoms with Crippen LogP contribution in [-0.2, 0) is 11.8 Å². The molecule has 1 fully saturated rings. The lowest BCUT2D eigenvalue weighted by Crippen LogP contribution is -2.27. The fourth-order valence-corrected chi connectivity index (χ4v) is 4.32. The molecule has 3 aromatic heterocycles. The molecule has 32 heavy (non-hydrogen) atoms. The zero-order chi connectivity index (χ0) is 22.4. The summed E-state index contributed by atoms with van der Waals surface area (Å²) in [5, 5.41) is 23.8. The van der Waals surface area contributed by atoms with Crippen LogP contribution in [0.2, 0.25) is 0 Å². The third kappa shape index (κ3) is 3.22. The van der Waals surface area contributed by atoms with Crippen molar-refractivity contribution < 1.29 is 14.3 Å². The number of hydrogen-bond acceptors (Lipinski definition) is 5. The van der Waals surface area contributed by atoms with Gasteiger partial charge in [-0.25, -0.2) is 4.39 Å². The molecule has 2 N–H and O–H groups in total. The highest BCUT2D eigenvalue weighted by Gasteiger charge is 2.38. The van der Waals surface area contributed by atoms with Crippen molar-refractivity contribution in [3.05, 3.63) is 61.1 Å². The molecule has 8 nitrogen and oxygen atoms in total. The number of aryl methyl sites for hydroxylation is 1. The van der Waals surface area contributed by atoms with Gasteiger partial charge in [-0.15, -0.1) is 10.2 Å². The number of halogens is 1. The minimum absolute atomic E-state index is 0.00613. The van der Waals surface area contributed by atoms with Gasteiger partial charge in [0, 0.05) is 47.6 Å². The van der Waals surface area contributed by atoms with Gasteiger partial charge in [0.05, 0.1) is 24.4 Å². The number of phenols is 1. The topological polar surface area (TPSA) is 99.9 Å². The Morgan fingerprint density at radius 1 is 1.31 bits per heavy atom. The summed E-state index contributed by atoms with van der Waals surface area (Å²) in [4.78, 5) is 16.8. The van der Waals surface area contributed by atoms with E-state index in [0.29, 0.717) is 22.6 Å². The average molecular weight is 432 g/mol. The number of aromatic nitrogens is 5. The Hall–Kier alpha value is -4.01. The SMILES string of the molecule is C=CC(=O)N1CC(F)C(c2[nH]c3nnc(-c4ccccc4O)cc3c2-c2cnn(C)c2)C1. The van der Waals surface area contributed by atoms with Crippen LogP contribution in [0.1, 0.15) is 11.6 Å². The van der Waals surface area contributed by atoms with Crippen molar-refractivity contribution >= 4 is 16.9 Å². The highest BCUT2D eigenvalue weighted by molar-refractivity contribution is 5.97. The van der Waals surface area contributed by atoms with E-state index in [0.717, 1.165) is 16.5 Å². The molecule has 4 aromatic rings. The number of para-hydroxylation sites is 1. The molecule has 0 saturated carbocycles. The van der Waals surface area contributed by atoms with E-state index in [1.807, 2.05) is 25.4 Å². The number of amides is 1. The summed E-state index contributed by atoms with van der Waals surface area (Å²) in [5.41, 5.74) is 3.75. The van der Waals surface area contributed by atoms with Crippen LogP contribution in [0.3, 0.4) is 0 Å². The molecule has 162 valence electrons. The molecule has 2 unspecified atom stereocenters. The van der Waals surface area contributed by atoms with E-state index in [9.17, 15) is 9.90 Å². The smallest absolute Gasteiger partial charge is 0.246 e. The lowest BCUT2D eigenvalue weighted by Gasteiger charge is -2.14. The van der Waals surface area contributed by atoms with Gasteiger partial charge in [-0.3, -0.25) is 9.48 Å². The van der Waals surface area contributed by atoms with Crippen molar-refractivity contribution in [3.63, 3.8) is 0 Å². The van der Waals surface area contributed by atoms with E-state index in [-0.39, 0.29) is 24.7 Å². The fourth-order valence-electron chi connectivity index (χ4n) is 4.32. The molecule has 1 saturated heterocycles. The number of alkyl halides is 1. The predicted molar refractivity (Wildman–Crippen MR) is 118 cm³/mol. The molecule has 4 heterocycles. The lowest BCUT2D eigenvalue weighted by molar-refractivity contribution is -0.125. The fraction of sp³-hybridized carbons (Fsp3) is 0.217. The zero-order valence-electron chi connectivity index (χ0n) is 17.4. The molecular weight excluding hydrogens is 411 g/mol. The molecule has 1 aliphatic rings. The minimum atomic E-state index is -1.24. The van der Waals surface area contributed by atoms with Crippen LogP contribution < -0.4 is 0 Å². The Labute approximate surface area is 183 Å². The van der Waals surface area contributed by atoms with E-state index in [1.165, 1.54) is 11.0 Å². The first-order chi connectivity index (χ1) is 15.5. The number of rotatable bonds is 4. The Bertz CT molecular complexity index is 1340. The number of likely N-dealkylation sites (tertiary alicyclic amines) is 1. The highest BCUT2D eigenvalue weighted by Crippen LogP contribution is 2.41. The maximum absolute atomic E-state index is 15.1. The average Bonchev–Trinajstić information content (AvgIpc) is 3.49. The van der Waals surface area contributed by atoms with Crippen LogP contribution in [0.4, 0.5) is 4.39 Å². The van der Waals surface area contributed by atoms with Gasteiger partial charge in [0.2, 0.25) is 5.91 Å². The van der Waals surface area contributed by atoms with Crippen molar-refractivity contribution in [1.29, 1.82) is 0 Å². The Morgan fingerprint density at radius 3 is 2.84 bits per heavy atom. The van der Waals surface area contributed by atoms with E-state index in [1.54, 1.807) is 29.1 Å². The number of nitrogens with zero attached hydrogens (tertiary/aromatic N) is 5. The van der Waals surface area contributed by atoms with Crippen molar-refractivity contribution in [1.82, 2.24) is 29.9 Å². The molecule has 0 radical (unpaired) electrons. The number of carbonyl (C=O) groups excluding carboxylic acids is 1. The first-order valence-electron chi connectivity index (χ1n) is 10.2. The van der Waals surface area contributed by atoms with Gasteiger partial charge < -0.3 is 15.0 Å². The normalized spacial score (nSPS) is 18.4. The Kier molecular flexibility index (Phi) is 4.73. The second kappa shape index (κ2) is 7.60. The number of carbonyl (C=O) groups is 1. The Morgan fingerprint density at radius 2 is 2.12 bits per heavy atom. The van der Waals surface area contributed by atoms with Crippen LogP contribution in [0.25, 0.3) is 33.4 Å². The maximum atomic E-state index is 15.1. The zero-order valence-corrected chi connectivity index (χ0v) is 17.4. The van der Waals surface area contributed by atoms with Gasteiger partial charge in [0.15, 0.2) is 5.65 Å². The third-order valence-electron chi connectivity index (χ3n) is 5.86. The molecule has 0 aliphatic carbocycles. The van der Waals surface area contributed by atoms with Gasteiger partial charge in [-0.05, 0) is 24.3 Å². The van der Waals surface area contributed by atoms with Gasteiger partial charge in [-0.2, -0.15) is 5.10 Å². The van der Waals surface area contributed by atoms with E-state index >= 15 is 4.39 Å². The number of aromatic amines is 1. The molecule has 2 atom stereocenters. The highest BCUT2D eigenvalue weighted by atomic mass is 19.1. The number of hydrogen-bond donors (Lipinski definition) is 2. The van der Waals surface area contributed by atoms with Gasteiger partial charge in [0.25, 0.3) is 0 Å². The van der Waals surface area contributed by atoms with Crippen molar-refractivity contribution in [3.8, 4) is 28.1 Å². The van der Waals surface area contributed by atoms with Gasteiger partial charge >= 0.3 is 0 Å². The summed E-state index contributed by atoms with van der Waals surface area (Å²) < 4.78 is 16.8. The third-order valence-corrected chi connectivity index (χ3v) is 5.86. The second-order valence-corrected chi connectivity index (χ2v) is 7.90. The number of phenolic OH excluding ortho intramolecular Hbond substituents is 1. The number of fused-ring (bicyclic) bond motifs is 1. The molecule has 0 spiro atoms. The molecule has 5 rings (SSSR count). The minimum Gasteiger partial charge on any atom is -0.507 e. The van der Waals surface area contributed by atoms with Crippen molar-refractivity contribution in [2.24, 2.45) is 7.05 Å². The summed E-state index contributed by atoms with van der Waals surface area (Å²) in [5.74, 6) is -0.759. The molecule has 9 heteroatoms. The Balaban J connectivity index is 1.69. The lowest BCUT2D eigenvalue weighted by atomic mass is 9.95. The van der Waals surface area contributed by atoms with Crippen LogP contribution in [0.15, 0.2) is 55.4 Å². The summed E-state index contributed by atoms with van der Waals surface area (Å²) >= 11 is 0. The van der Waals surface area contributed by atoms with Gasteiger partial charge in [0.1, 0.15) is 11.9 Å².